The highest BCUT2D eigenvalue weighted by Crippen LogP contribution is 2.28. The summed E-state index contributed by atoms with van der Waals surface area (Å²) in [6.45, 7) is 6.41. The van der Waals surface area contributed by atoms with Crippen molar-refractivity contribution in [1.29, 1.82) is 0 Å². The molecule has 4 atom stereocenters. The van der Waals surface area contributed by atoms with Gasteiger partial charge in [0, 0.05) is 37.1 Å². The number of halogens is 2. The van der Waals surface area contributed by atoms with E-state index < -0.39 is 0 Å². The molecular weight excluding hydrogens is 345 g/mol. The van der Waals surface area contributed by atoms with Crippen LogP contribution >= 0.6 is 24.8 Å². The van der Waals surface area contributed by atoms with Gasteiger partial charge in [-0.15, -0.1) is 24.8 Å². The molecule has 4 nitrogen and oxygen atoms in total. The van der Waals surface area contributed by atoms with E-state index in [2.05, 4.69) is 30.9 Å². The highest BCUT2D eigenvalue weighted by molar-refractivity contribution is 5.85. The SMILES string of the molecule is CC1CCC(C)N1CC(=O)N1C[C@@H](N)[C@H](c2ccccc2)C1.Cl.Cl. The van der Waals surface area contributed by atoms with Crippen molar-refractivity contribution in [2.75, 3.05) is 19.6 Å². The smallest absolute Gasteiger partial charge is 0.236 e. The van der Waals surface area contributed by atoms with Gasteiger partial charge in [-0.3, -0.25) is 9.69 Å². The van der Waals surface area contributed by atoms with E-state index >= 15 is 0 Å². The second kappa shape index (κ2) is 9.04. The van der Waals surface area contributed by atoms with Gasteiger partial charge in [-0.05, 0) is 32.3 Å². The Morgan fingerprint density at radius 1 is 1.08 bits per heavy atom. The molecule has 2 saturated heterocycles. The van der Waals surface area contributed by atoms with Crippen LogP contribution in [-0.2, 0) is 4.79 Å². The van der Waals surface area contributed by atoms with E-state index in [-0.39, 0.29) is 42.7 Å². The number of rotatable bonds is 3. The summed E-state index contributed by atoms with van der Waals surface area (Å²) in [4.78, 5) is 16.9. The number of likely N-dealkylation sites (tertiary alicyclic amines) is 2. The van der Waals surface area contributed by atoms with E-state index in [1.165, 1.54) is 18.4 Å². The third-order valence-electron chi connectivity index (χ3n) is 5.40. The van der Waals surface area contributed by atoms with Crippen molar-refractivity contribution >= 4 is 30.7 Å². The Kier molecular flexibility index (Phi) is 8.00. The molecule has 24 heavy (non-hydrogen) atoms. The zero-order chi connectivity index (χ0) is 15.7. The first-order chi connectivity index (χ1) is 10.6. The van der Waals surface area contributed by atoms with Gasteiger partial charge in [0.1, 0.15) is 0 Å². The van der Waals surface area contributed by atoms with Crippen LogP contribution in [0.2, 0.25) is 0 Å². The molecule has 0 spiro atoms. The Labute approximate surface area is 157 Å². The molecule has 1 aromatic rings. The lowest BCUT2D eigenvalue weighted by Crippen LogP contribution is -2.43. The predicted octanol–water partition coefficient (Wildman–Crippen LogP) is 2.66. The van der Waals surface area contributed by atoms with Gasteiger partial charge in [0.2, 0.25) is 5.91 Å². The number of nitrogens with two attached hydrogens (primary N) is 1. The van der Waals surface area contributed by atoms with Gasteiger partial charge in [0.25, 0.3) is 0 Å². The van der Waals surface area contributed by atoms with Crippen molar-refractivity contribution in [3.63, 3.8) is 0 Å². The van der Waals surface area contributed by atoms with Crippen molar-refractivity contribution in [3.8, 4) is 0 Å². The van der Waals surface area contributed by atoms with Crippen molar-refractivity contribution in [2.45, 2.75) is 50.7 Å². The lowest BCUT2D eigenvalue weighted by Gasteiger charge is -2.27. The standard InChI is InChI=1S/C18H27N3O.2ClH/c1-13-8-9-14(2)21(13)12-18(22)20-10-16(17(19)11-20)15-6-4-3-5-7-15;;/h3-7,13-14,16-17H,8-12,19H2,1-2H3;2*1H/t13?,14?,16-,17+;;/m0../s1. The Bertz CT molecular complexity index is 518. The second-order valence-electron chi connectivity index (χ2n) is 6.93. The maximum absolute atomic E-state index is 12.6. The number of benzene rings is 1. The molecule has 1 amide bonds. The van der Waals surface area contributed by atoms with Crippen LogP contribution in [0.5, 0.6) is 0 Å². The highest BCUT2D eigenvalue weighted by Gasteiger charge is 2.36. The summed E-state index contributed by atoms with van der Waals surface area (Å²) in [7, 11) is 0. The largest absolute Gasteiger partial charge is 0.339 e. The topological polar surface area (TPSA) is 49.6 Å². The lowest BCUT2D eigenvalue weighted by atomic mass is 9.95. The molecule has 0 aliphatic carbocycles. The molecular formula is C18H29Cl2N3O. The number of hydrogen-bond donors (Lipinski definition) is 1. The summed E-state index contributed by atoms with van der Waals surface area (Å²) < 4.78 is 0. The van der Waals surface area contributed by atoms with Crippen molar-refractivity contribution in [1.82, 2.24) is 9.80 Å². The zero-order valence-electron chi connectivity index (χ0n) is 14.4. The summed E-state index contributed by atoms with van der Waals surface area (Å²) in [6, 6.07) is 11.4. The van der Waals surface area contributed by atoms with Crippen LogP contribution in [0.4, 0.5) is 0 Å². The van der Waals surface area contributed by atoms with Gasteiger partial charge < -0.3 is 10.6 Å². The molecule has 2 aliphatic heterocycles. The number of nitrogens with zero attached hydrogens (tertiary/aromatic N) is 2. The van der Waals surface area contributed by atoms with Crippen LogP contribution < -0.4 is 5.73 Å². The minimum Gasteiger partial charge on any atom is -0.339 e. The summed E-state index contributed by atoms with van der Waals surface area (Å²) in [5, 5.41) is 0. The Hall–Kier alpha value is -0.810. The average molecular weight is 374 g/mol. The summed E-state index contributed by atoms with van der Waals surface area (Å²) in [5.74, 6) is 0.494. The van der Waals surface area contributed by atoms with Gasteiger partial charge >= 0.3 is 0 Å². The van der Waals surface area contributed by atoms with Crippen LogP contribution in [-0.4, -0.2) is 53.5 Å². The Morgan fingerprint density at radius 3 is 2.25 bits per heavy atom. The maximum atomic E-state index is 12.6. The predicted molar refractivity (Wildman–Crippen MR) is 103 cm³/mol. The van der Waals surface area contributed by atoms with Gasteiger partial charge in [0.15, 0.2) is 0 Å². The Balaban J connectivity index is 0.00000144. The molecule has 2 unspecified atom stereocenters. The van der Waals surface area contributed by atoms with Gasteiger partial charge in [-0.25, -0.2) is 0 Å². The van der Waals surface area contributed by atoms with Crippen LogP contribution in [0.15, 0.2) is 30.3 Å². The molecule has 0 radical (unpaired) electrons. The quantitative estimate of drug-likeness (QED) is 0.885. The number of hydrogen-bond acceptors (Lipinski definition) is 3. The zero-order valence-corrected chi connectivity index (χ0v) is 16.1. The third-order valence-corrected chi connectivity index (χ3v) is 5.40. The van der Waals surface area contributed by atoms with Gasteiger partial charge in [-0.1, -0.05) is 30.3 Å². The maximum Gasteiger partial charge on any atom is 0.236 e. The van der Waals surface area contributed by atoms with E-state index in [1.807, 2.05) is 23.1 Å². The van der Waals surface area contributed by atoms with E-state index in [4.69, 9.17) is 5.73 Å². The molecule has 0 aromatic heterocycles. The number of amides is 1. The van der Waals surface area contributed by atoms with Gasteiger partial charge in [0.05, 0.1) is 6.54 Å². The van der Waals surface area contributed by atoms with Crippen molar-refractivity contribution in [2.24, 2.45) is 5.73 Å². The third kappa shape index (κ3) is 4.42. The molecule has 1 aromatic carbocycles. The lowest BCUT2D eigenvalue weighted by molar-refractivity contribution is -0.132. The monoisotopic (exact) mass is 373 g/mol. The molecule has 2 N–H and O–H groups in total. The van der Waals surface area contributed by atoms with Gasteiger partial charge in [-0.2, -0.15) is 0 Å². The second-order valence-corrected chi connectivity index (χ2v) is 6.93. The first-order valence-electron chi connectivity index (χ1n) is 8.40. The van der Waals surface area contributed by atoms with Crippen LogP contribution in [0, 0.1) is 0 Å². The number of carbonyl (C=O) groups excluding carboxylic acids is 1. The fourth-order valence-electron chi connectivity index (χ4n) is 3.90. The molecule has 136 valence electrons. The summed E-state index contributed by atoms with van der Waals surface area (Å²) >= 11 is 0. The average Bonchev–Trinajstić information content (AvgIpc) is 3.05. The first-order valence-corrected chi connectivity index (χ1v) is 8.40. The van der Waals surface area contributed by atoms with E-state index in [9.17, 15) is 4.79 Å². The molecule has 6 heteroatoms. The first kappa shape index (κ1) is 21.2. The molecule has 0 saturated carbocycles. The minimum absolute atomic E-state index is 0. The van der Waals surface area contributed by atoms with Crippen LogP contribution in [0.25, 0.3) is 0 Å². The van der Waals surface area contributed by atoms with Crippen molar-refractivity contribution in [3.05, 3.63) is 35.9 Å². The summed E-state index contributed by atoms with van der Waals surface area (Å²) in [5.41, 5.74) is 7.54. The fraction of sp³-hybridized carbons (Fsp3) is 0.611. The molecule has 0 bridgehead atoms. The van der Waals surface area contributed by atoms with E-state index in [0.717, 1.165) is 6.54 Å². The summed E-state index contributed by atoms with van der Waals surface area (Å²) in [6.07, 6.45) is 2.39. The molecule has 2 fully saturated rings. The van der Waals surface area contributed by atoms with Crippen molar-refractivity contribution < 1.29 is 4.79 Å². The van der Waals surface area contributed by atoms with E-state index in [0.29, 0.717) is 25.2 Å². The molecule has 2 heterocycles. The van der Waals surface area contributed by atoms with Crippen LogP contribution in [0.3, 0.4) is 0 Å². The van der Waals surface area contributed by atoms with E-state index in [1.54, 1.807) is 0 Å². The number of carbonyl (C=O) groups is 1. The minimum atomic E-state index is 0. The fourth-order valence-corrected chi connectivity index (χ4v) is 3.90. The molecule has 2 aliphatic rings. The van der Waals surface area contributed by atoms with Crippen LogP contribution in [0.1, 0.15) is 38.2 Å². The Morgan fingerprint density at radius 2 is 1.67 bits per heavy atom. The normalized spacial score (nSPS) is 29.9. The molecule has 3 rings (SSSR count). The highest BCUT2D eigenvalue weighted by atomic mass is 35.5.